The van der Waals surface area contributed by atoms with Gasteiger partial charge in [-0.3, -0.25) is 9.69 Å². The number of carbonyl (C=O) groups is 1. The smallest absolute Gasteiger partial charge is 0.151 e. The summed E-state index contributed by atoms with van der Waals surface area (Å²) in [5.74, 6) is 0.236. The number of ketones is 1. The van der Waals surface area contributed by atoms with E-state index in [2.05, 4.69) is 10.2 Å². The van der Waals surface area contributed by atoms with Gasteiger partial charge >= 0.3 is 0 Å². The zero-order valence-corrected chi connectivity index (χ0v) is 10.5. The van der Waals surface area contributed by atoms with Gasteiger partial charge < -0.3 is 5.32 Å². The third-order valence-corrected chi connectivity index (χ3v) is 3.32. The minimum atomic E-state index is 0.236. The molecule has 17 heavy (non-hydrogen) atoms. The van der Waals surface area contributed by atoms with Crippen molar-refractivity contribution in [1.82, 2.24) is 10.2 Å². The number of hydrogen-bond acceptors (Lipinski definition) is 3. The number of carbonyl (C=O) groups excluding carboxylic acids is 1. The molecule has 0 radical (unpaired) electrons. The summed E-state index contributed by atoms with van der Waals surface area (Å²) in [5.41, 5.74) is 0.925. The summed E-state index contributed by atoms with van der Waals surface area (Å²) in [7, 11) is 0. The number of rotatable bonds is 4. The van der Waals surface area contributed by atoms with E-state index < -0.39 is 0 Å². The quantitative estimate of drug-likeness (QED) is 0.878. The number of halogens is 1. The van der Waals surface area contributed by atoms with Crippen molar-refractivity contribution < 1.29 is 4.79 Å². The fourth-order valence-corrected chi connectivity index (χ4v) is 2.23. The Kier molecular flexibility index (Phi) is 4.54. The van der Waals surface area contributed by atoms with Crippen LogP contribution in [0.4, 0.5) is 0 Å². The van der Waals surface area contributed by atoms with Crippen LogP contribution in [0.2, 0.25) is 5.02 Å². The monoisotopic (exact) mass is 252 g/mol. The normalized spacial score (nSPS) is 17.0. The van der Waals surface area contributed by atoms with Gasteiger partial charge in [-0.15, -0.1) is 0 Å². The van der Waals surface area contributed by atoms with E-state index in [-0.39, 0.29) is 5.78 Å². The van der Waals surface area contributed by atoms with E-state index in [1.165, 1.54) is 0 Å². The molecule has 0 aromatic heterocycles. The fourth-order valence-electron chi connectivity index (χ4n) is 2.03. The van der Waals surface area contributed by atoms with Crippen LogP contribution in [0.5, 0.6) is 0 Å². The van der Waals surface area contributed by atoms with E-state index in [0.717, 1.165) is 31.7 Å². The van der Waals surface area contributed by atoms with Crippen LogP contribution in [-0.4, -0.2) is 43.4 Å². The molecular formula is C13H17ClN2O. The Hall–Kier alpha value is -0.900. The molecule has 1 aromatic carbocycles. The predicted octanol–water partition coefficient (Wildman–Crippen LogP) is 1.36. The summed E-state index contributed by atoms with van der Waals surface area (Å²) in [5, 5.41) is 3.95. The third-order valence-electron chi connectivity index (χ3n) is 2.96. The Morgan fingerprint density at radius 1 is 1.29 bits per heavy atom. The Morgan fingerprint density at radius 3 is 2.71 bits per heavy atom. The lowest BCUT2D eigenvalue weighted by molar-refractivity contribution is -0.119. The molecule has 1 fully saturated rings. The van der Waals surface area contributed by atoms with Crippen molar-refractivity contribution in [2.45, 2.75) is 6.42 Å². The SMILES string of the molecule is O=C(Cc1ccccc1Cl)CN1CCNCC1. The van der Waals surface area contributed by atoms with Gasteiger partial charge in [0.05, 0.1) is 6.54 Å². The molecule has 1 aliphatic heterocycles. The Bertz CT molecular complexity index is 389. The molecule has 1 aliphatic rings. The van der Waals surface area contributed by atoms with E-state index >= 15 is 0 Å². The van der Waals surface area contributed by atoms with Crippen LogP contribution < -0.4 is 5.32 Å². The van der Waals surface area contributed by atoms with Gasteiger partial charge in [-0.1, -0.05) is 29.8 Å². The average molecular weight is 253 g/mol. The molecule has 1 N–H and O–H groups in total. The first kappa shape index (κ1) is 12.6. The summed E-state index contributed by atoms with van der Waals surface area (Å²) in [6.07, 6.45) is 0.434. The van der Waals surface area contributed by atoms with Crippen molar-refractivity contribution in [3.63, 3.8) is 0 Å². The molecule has 0 amide bonds. The highest BCUT2D eigenvalue weighted by Gasteiger charge is 2.14. The van der Waals surface area contributed by atoms with Crippen molar-refractivity contribution in [1.29, 1.82) is 0 Å². The van der Waals surface area contributed by atoms with E-state index in [4.69, 9.17) is 11.6 Å². The van der Waals surface area contributed by atoms with Gasteiger partial charge in [0.2, 0.25) is 0 Å². The van der Waals surface area contributed by atoms with Gasteiger partial charge in [-0.05, 0) is 11.6 Å². The van der Waals surface area contributed by atoms with E-state index in [1.54, 1.807) is 0 Å². The Balaban J connectivity index is 1.86. The molecule has 92 valence electrons. The number of piperazine rings is 1. The fraction of sp³-hybridized carbons (Fsp3) is 0.462. The minimum Gasteiger partial charge on any atom is -0.314 e. The molecule has 1 aromatic rings. The number of Topliss-reactive ketones (excluding diaryl/α,β-unsaturated/α-hetero) is 1. The number of nitrogens with zero attached hydrogens (tertiary/aromatic N) is 1. The van der Waals surface area contributed by atoms with Crippen LogP contribution >= 0.6 is 11.6 Å². The van der Waals surface area contributed by atoms with Gasteiger partial charge in [0, 0.05) is 37.6 Å². The zero-order valence-electron chi connectivity index (χ0n) is 9.79. The first-order chi connectivity index (χ1) is 8.25. The Labute approximate surface area is 107 Å². The van der Waals surface area contributed by atoms with Gasteiger partial charge in [0.15, 0.2) is 5.78 Å². The van der Waals surface area contributed by atoms with Gasteiger partial charge in [0.1, 0.15) is 0 Å². The van der Waals surface area contributed by atoms with Gasteiger partial charge in [-0.2, -0.15) is 0 Å². The van der Waals surface area contributed by atoms with Gasteiger partial charge in [-0.25, -0.2) is 0 Å². The first-order valence-corrected chi connectivity index (χ1v) is 6.31. The van der Waals surface area contributed by atoms with E-state index in [1.807, 2.05) is 24.3 Å². The lowest BCUT2D eigenvalue weighted by atomic mass is 10.1. The molecule has 4 heteroatoms. The topological polar surface area (TPSA) is 32.3 Å². The van der Waals surface area contributed by atoms with Crippen molar-refractivity contribution in [3.05, 3.63) is 34.9 Å². The number of hydrogen-bond donors (Lipinski definition) is 1. The summed E-state index contributed by atoms with van der Waals surface area (Å²) in [4.78, 5) is 14.1. The minimum absolute atomic E-state index is 0.236. The second kappa shape index (κ2) is 6.15. The molecule has 0 unspecified atom stereocenters. The maximum Gasteiger partial charge on any atom is 0.151 e. The molecule has 0 saturated carbocycles. The summed E-state index contributed by atoms with van der Waals surface area (Å²) in [6, 6.07) is 7.54. The first-order valence-electron chi connectivity index (χ1n) is 5.94. The molecule has 1 heterocycles. The summed E-state index contributed by atoms with van der Waals surface area (Å²) in [6.45, 7) is 4.38. The second-order valence-corrected chi connectivity index (χ2v) is 4.74. The molecule has 1 saturated heterocycles. The molecule has 0 bridgehead atoms. The summed E-state index contributed by atoms with van der Waals surface area (Å²) >= 11 is 6.04. The Morgan fingerprint density at radius 2 is 2.00 bits per heavy atom. The van der Waals surface area contributed by atoms with Crippen LogP contribution in [0.3, 0.4) is 0 Å². The zero-order chi connectivity index (χ0) is 12.1. The molecule has 0 aliphatic carbocycles. The largest absolute Gasteiger partial charge is 0.314 e. The van der Waals surface area contributed by atoms with Crippen LogP contribution in [0.1, 0.15) is 5.56 Å². The van der Waals surface area contributed by atoms with Crippen LogP contribution in [0.15, 0.2) is 24.3 Å². The molecule has 2 rings (SSSR count). The summed E-state index contributed by atoms with van der Waals surface area (Å²) < 4.78 is 0. The van der Waals surface area contributed by atoms with E-state index in [0.29, 0.717) is 18.0 Å². The number of benzene rings is 1. The molecule has 3 nitrogen and oxygen atoms in total. The van der Waals surface area contributed by atoms with Crippen molar-refractivity contribution in [2.24, 2.45) is 0 Å². The average Bonchev–Trinajstić information content (AvgIpc) is 2.33. The third kappa shape index (κ3) is 3.80. The standard InChI is InChI=1S/C13H17ClN2O/c14-13-4-2-1-3-11(13)9-12(17)10-16-7-5-15-6-8-16/h1-4,15H,5-10H2. The molecule has 0 spiro atoms. The van der Waals surface area contributed by atoms with Crippen molar-refractivity contribution >= 4 is 17.4 Å². The van der Waals surface area contributed by atoms with Crippen LogP contribution in [0.25, 0.3) is 0 Å². The predicted molar refractivity (Wildman–Crippen MR) is 69.5 cm³/mol. The van der Waals surface area contributed by atoms with Crippen LogP contribution in [-0.2, 0) is 11.2 Å². The van der Waals surface area contributed by atoms with E-state index in [9.17, 15) is 4.79 Å². The number of nitrogens with one attached hydrogen (secondary N) is 1. The van der Waals surface area contributed by atoms with Crippen molar-refractivity contribution in [3.8, 4) is 0 Å². The lowest BCUT2D eigenvalue weighted by Crippen LogP contribution is -2.45. The van der Waals surface area contributed by atoms with Crippen LogP contribution in [0, 0.1) is 0 Å². The highest BCUT2D eigenvalue weighted by atomic mass is 35.5. The van der Waals surface area contributed by atoms with Gasteiger partial charge in [0.25, 0.3) is 0 Å². The maximum atomic E-state index is 11.9. The second-order valence-electron chi connectivity index (χ2n) is 4.33. The maximum absolute atomic E-state index is 11.9. The highest BCUT2D eigenvalue weighted by molar-refractivity contribution is 6.31. The molecule has 0 atom stereocenters. The van der Waals surface area contributed by atoms with Crippen molar-refractivity contribution in [2.75, 3.05) is 32.7 Å². The highest BCUT2D eigenvalue weighted by Crippen LogP contribution is 2.15. The lowest BCUT2D eigenvalue weighted by Gasteiger charge is -2.26. The molecular weight excluding hydrogens is 236 g/mol.